The third-order valence-corrected chi connectivity index (χ3v) is 4.46. The van der Waals surface area contributed by atoms with E-state index in [1.54, 1.807) is 43.5 Å². The van der Waals surface area contributed by atoms with Crippen molar-refractivity contribution in [2.45, 2.75) is 32.7 Å². The highest BCUT2D eigenvalue weighted by molar-refractivity contribution is 5.96. The molecule has 0 aliphatic heterocycles. The molecule has 2 N–H and O–H groups in total. The summed E-state index contributed by atoms with van der Waals surface area (Å²) < 4.78 is 10.1. The van der Waals surface area contributed by atoms with E-state index in [9.17, 15) is 14.4 Å². The quantitative estimate of drug-likeness (QED) is 0.475. The van der Waals surface area contributed by atoms with E-state index in [1.165, 1.54) is 13.0 Å². The van der Waals surface area contributed by atoms with Crippen molar-refractivity contribution in [2.75, 3.05) is 19.0 Å². The fraction of sp³-hybridized carbons (Fsp3) is 0.292. The molecule has 0 saturated carbocycles. The monoisotopic (exact) mass is 424 g/mol. The van der Waals surface area contributed by atoms with E-state index in [1.807, 2.05) is 32.0 Å². The van der Waals surface area contributed by atoms with E-state index in [4.69, 9.17) is 9.47 Å². The van der Waals surface area contributed by atoms with E-state index in [0.717, 1.165) is 16.9 Å². The van der Waals surface area contributed by atoms with Gasteiger partial charge in [-0.15, -0.1) is 0 Å². The molecular weight excluding hydrogens is 396 g/mol. The fourth-order valence-electron chi connectivity index (χ4n) is 2.77. The molecule has 0 aliphatic rings. The summed E-state index contributed by atoms with van der Waals surface area (Å²) in [6.07, 6.45) is 2.94. The van der Waals surface area contributed by atoms with Crippen LogP contribution in [0.1, 0.15) is 37.8 Å². The summed E-state index contributed by atoms with van der Waals surface area (Å²) in [6, 6.07) is 13.7. The second-order valence-electron chi connectivity index (χ2n) is 7.23. The Kier molecular flexibility index (Phi) is 8.81. The van der Waals surface area contributed by atoms with Gasteiger partial charge in [0, 0.05) is 11.8 Å². The summed E-state index contributed by atoms with van der Waals surface area (Å²) in [5.74, 6) is -0.636. The molecule has 0 bridgehead atoms. The van der Waals surface area contributed by atoms with E-state index in [2.05, 4.69) is 10.6 Å². The van der Waals surface area contributed by atoms with Crippen molar-refractivity contribution in [1.29, 1.82) is 0 Å². The molecule has 0 spiro atoms. The van der Waals surface area contributed by atoms with Crippen LogP contribution in [0.15, 0.2) is 54.6 Å². The molecule has 0 aromatic heterocycles. The van der Waals surface area contributed by atoms with E-state index in [-0.39, 0.29) is 5.92 Å². The minimum Gasteiger partial charge on any atom is -0.497 e. The predicted molar refractivity (Wildman–Crippen MR) is 120 cm³/mol. The summed E-state index contributed by atoms with van der Waals surface area (Å²) in [5, 5.41) is 5.26. The number of carbonyl (C=O) groups excluding carboxylic acids is 3. The molecule has 2 aromatic rings. The van der Waals surface area contributed by atoms with Crippen molar-refractivity contribution in [3.05, 3.63) is 65.7 Å². The van der Waals surface area contributed by atoms with Gasteiger partial charge in [-0.3, -0.25) is 9.59 Å². The summed E-state index contributed by atoms with van der Waals surface area (Å²) >= 11 is 0. The molecular formula is C24H28N2O5. The molecule has 7 nitrogen and oxygen atoms in total. The molecule has 0 fully saturated rings. The van der Waals surface area contributed by atoms with Crippen molar-refractivity contribution in [1.82, 2.24) is 5.32 Å². The zero-order valence-electron chi connectivity index (χ0n) is 18.2. The topological polar surface area (TPSA) is 93.7 Å². The van der Waals surface area contributed by atoms with Gasteiger partial charge in [0.25, 0.3) is 5.91 Å². The summed E-state index contributed by atoms with van der Waals surface area (Å²) in [4.78, 5) is 36.3. The fourth-order valence-corrected chi connectivity index (χ4v) is 2.77. The average Bonchev–Trinajstić information content (AvgIpc) is 2.76. The number of hydrogen-bond acceptors (Lipinski definition) is 5. The number of hydrogen-bond donors (Lipinski definition) is 2. The number of para-hydroxylation sites is 1. The largest absolute Gasteiger partial charge is 0.497 e. The van der Waals surface area contributed by atoms with Crippen molar-refractivity contribution in [3.63, 3.8) is 0 Å². The molecule has 2 rings (SSSR count). The lowest BCUT2D eigenvalue weighted by Gasteiger charge is -2.15. The number of amides is 2. The van der Waals surface area contributed by atoms with Gasteiger partial charge in [0.05, 0.1) is 7.11 Å². The Balaban J connectivity index is 1.80. The smallest absolute Gasteiger partial charge is 0.328 e. The maximum Gasteiger partial charge on any atom is 0.328 e. The highest BCUT2D eigenvalue weighted by Gasteiger charge is 2.18. The average molecular weight is 424 g/mol. The van der Waals surface area contributed by atoms with Crippen molar-refractivity contribution < 1.29 is 23.9 Å². The molecule has 0 unspecified atom stereocenters. The summed E-state index contributed by atoms with van der Waals surface area (Å²) in [5.41, 5.74) is 2.49. The molecule has 0 heterocycles. The van der Waals surface area contributed by atoms with Crippen LogP contribution < -0.4 is 15.4 Å². The predicted octanol–water partition coefficient (Wildman–Crippen LogP) is 3.52. The maximum atomic E-state index is 12.1. The standard InChI is InChI=1S/C24H28N2O5/c1-16(2)20-7-5-6-8-21(20)26-23(28)15-31-24(29)17(3)25-22(27)14-11-18-9-12-19(30-4)13-10-18/h5-14,16-17H,15H2,1-4H3,(H,25,27)(H,26,28)/b14-11+/t17-/m0/s1. The van der Waals surface area contributed by atoms with Crippen LogP contribution in [0.5, 0.6) is 5.75 Å². The molecule has 2 aromatic carbocycles. The SMILES string of the molecule is COc1ccc(/C=C/C(=O)N[C@@H](C)C(=O)OCC(=O)Nc2ccccc2C(C)C)cc1. The van der Waals surface area contributed by atoms with Crippen LogP contribution in [0, 0.1) is 0 Å². The van der Waals surface area contributed by atoms with Gasteiger partial charge in [0.1, 0.15) is 11.8 Å². The Morgan fingerprint density at radius 1 is 1.00 bits per heavy atom. The number of anilines is 1. The van der Waals surface area contributed by atoms with Gasteiger partial charge < -0.3 is 20.1 Å². The number of nitrogens with one attached hydrogen (secondary N) is 2. The second kappa shape index (κ2) is 11.5. The Bertz CT molecular complexity index is 935. The van der Waals surface area contributed by atoms with Gasteiger partial charge >= 0.3 is 5.97 Å². The maximum absolute atomic E-state index is 12.1. The number of rotatable bonds is 9. The number of methoxy groups -OCH3 is 1. The first-order valence-electron chi connectivity index (χ1n) is 9.98. The number of ether oxygens (including phenoxy) is 2. The van der Waals surface area contributed by atoms with E-state index < -0.39 is 30.4 Å². The van der Waals surface area contributed by atoms with Crippen molar-refractivity contribution >= 4 is 29.5 Å². The normalized spacial score (nSPS) is 11.8. The highest BCUT2D eigenvalue weighted by Crippen LogP contribution is 2.23. The Hall–Kier alpha value is -3.61. The lowest BCUT2D eigenvalue weighted by molar-refractivity contribution is -0.149. The van der Waals surface area contributed by atoms with Crippen molar-refractivity contribution in [2.24, 2.45) is 0 Å². The lowest BCUT2D eigenvalue weighted by Crippen LogP contribution is -2.39. The van der Waals surface area contributed by atoms with Crippen LogP contribution in [0.25, 0.3) is 6.08 Å². The number of esters is 1. The molecule has 2 amide bonds. The van der Waals surface area contributed by atoms with Gasteiger partial charge in [0.2, 0.25) is 5.91 Å². The molecule has 7 heteroatoms. The molecule has 0 radical (unpaired) electrons. The number of benzene rings is 2. The molecule has 164 valence electrons. The highest BCUT2D eigenvalue weighted by atomic mass is 16.5. The minimum atomic E-state index is -0.899. The van der Waals surface area contributed by atoms with Crippen molar-refractivity contribution in [3.8, 4) is 5.75 Å². The Morgan fingerprint density at radius 2 is 1.68 bits per heavy atom. The lowest BCUT2D eigenvalue weighted by atomic mass is 10.0. The van der Waals surface area contributed by atoms with Crippen LogP contribution in [-0.2, 0) is 19.1 Å². The molecule has 0 aliphatic carbocycles. The van der Waals surface area contributed by atoms with Crippen LogP contribution in [0.2, 0.25) is 0 Å². The molecule has 31 heavy (non-hydrogen) atoms. The summed E-state index contributed by atoms with van der Waals surface area (Å²) in [6.45, 7) is 5.11. The third-order valence-electron chi connectivity index (χ3n) is 4.46. The Morgan fingerprint density at radius 3 is 2.32 bits per heavy atom. The van der Waals surface area contributed by atoms with Gasteiger partial charge in [-0.1, -0.05) is 44.2 Å². The zero-order valence-corrected chi connectivity index (χ0v) is 18.2. The van der Waals surface area contributed by atoms with Gasteiger partial charge in [-0.25, -0.2) is 4.79 Å². The minimum absolute atomic E-state index is 0.236. The second-order valence-corrected chi connectivity index (χ2v) is 7.23. The zero-order chi connectivity index (χ0) is 22.8. The first-order chi connectivity index (χ1) is 14.8. The van der Waals surface area contributed by atoms with Crippen LogP contribution in [0.3, 0.4) is 0 Å². The Labute approximate surface area is 182 Å². The number of carbonyl (C=O) groups is 3. The summed E-state index contributed by atoms with van der Waals surface area (Å²) in [7, 11) is 1.58. The van der Waals surface area contributed by atoms with Gasteiger partial charge in [-0.05, 0) is 48.2 Å². The molecule has 0 saturated heterocycles. The first kappa shape index (κ1) is 23.7. The van der Waals surface area contributed by atoms with Gasteiger partial charge in [-0.2, -0.15) is 0 Å². The van der Waals surface area contributed by atoms with E-state index >= 15 is 0 Å². The van der Waals surface area contributed by atoms with E-state index in [0.29, 0.717) is 5.69 Å². The van der Waals surface area contributed by atoms with Gasteiger partial charge in [0.15, 0.2) is 6.61 Å². The third kappa shape index (κ3) is 7.62. The molecule has 1 atom stereocenters. The van der Waals surface area contributed by atoms with Crippen LogP contribution in [0.4, 0.5) is 5.69 Å². The van der Waals surface area contributed by atoms with Crippen LogP contribution >= 0.6 is 0 Å². The first-order valence-corrected chi connectivity index (χ1v) is 9.98. The van der Waals surface area contributed by atoms with Crippen LogP contribution in [-0.4, -0.2) is 37.5 Å².